The molecule has 4 N–H and O–H groups in total. The van der Waals surface area contributed by atoms with E-state index in [1.54, 1.807) is 0 Å². The lowest BCUT2D eigenvalue weighted by molar-refractivity contribution is -0.142. The van der Waals surface area contributed by atoms with Crippen molar-refractivity contribution in [2.45, 2.75) is 25.3 Å². The zero-order chi connectivity index (χ0) is 11.8. The van der Waals surface area contributed by atoms with Crippen molar-refractivity contribution < 1.29 is 19.5 Å². The predicted molar refractivity (Wildman–Crippen MR) is 51.4 cm³/mol. The summed E-state index contributed by atoms with van der Waals surface area (Å²) < 4.78 is 0. The van der Waals surface area contributed by atoms with E-state index in [0.717, 1.165) is 0 Å². The normalized spacial score (nSPS) is 11.1. The Morgan fingerprint density at radius 3 is 2.47 bits per heavy atom. The summed E-state index contributed by atoms with van der Waals surface area (Å²) >= 11 is 0. The fraction of sp³-hybridized carbons (Fsp3) is 0.444. The van der Waals surface area contributed by atoms with E-state index in [9.17, 15) is 14.4 Å². The van der Waals surface area contributed by atoms with E-state index in [-0.39, 0.29) is 19.3 Å². The van der Waals surface area contributed by atoms with Crippen molar-refractivity contribution in [3.8, 4) is 12.3 Å². The number of rotatable bonds is 6. The maximum absolute atomic E-state index is 11.0. The molecule has 6 heteroatoms. The van der Waals surface area contributed by atoms with Crippen molar-refractivity contribution in [2.24, 2.45) is 5.73 Å². The summed E-state index contributed by atoms with van der Waals surface area (Å²) in [5, 5.41) is 10.9. The van der Waals surface area contributed by atoms with Crippen molar-refractivity contribution in [3.63, 3.8) is 0 Å². The van der Waals surface area contributed by atoms with Crippen LogP contribution in [0.15, 0.2) is 0 Å². The van der Waals surface area contributed by atoms with Crippen molar-refractivity contribution in [2.75, 3.05) is 0 Å². The molecule has 82 valence electrons. The van der Waals surface area contributed by atoms with Gasteiger partial charge in [-0.3, -0.25) is 9.59 Å². The first-order valence-corrected chi connectivity index (χ1v) is 4.21. The molecule has 0 aliphatic heterocycles. The van der Waals surface area contributed by atoms with E-state index in [4.69, 9.17) is 17.3 Å². The SMILES string of the molecule is C#CCC(=O)NC(CCC(N)=O)C(=O)O. The van der Waals surface area contributed by atoms with Crippen LogP contribution in [0.5, 0.6) is 0 Å². The molecule has 0 aliphatic rings. The minimum absolute atomic E-state index is 0.0407. The lowest BCUT2D eigenvalue weighted by Gasteiger charge is -2.12. The van der Waals surface area contributed by atoms with Crippen molar-refractivity contribution in [1.82, 2.24) is 5.32 Å². The lowest BCUT2D eigenvalue weighted by atomic mass is 10.1. The molecular weight excluding hydrogens is 200 g/mol. The Bertz CT molecular complexity index is 306. The third kappa shape index (κ3) is 6.10. The number of hydrogen-bond donors (Lipinski definition) is 3. The quantitative estimate of drug-likeness (QED) is 0.482. The standard InChI is InChI=1S/C9H12N2O4/c1-2-3-8(13)11-6(9(14)15)4-5-7(10)12/h1,6H,3-5H2,(H2,10,12)(H,11,13)(H,14,15). The maximum Gasteiger partial charge on any atom is 0.326 e. The summed E-state index contributed by atoms with van der Waals surface area (Å²) in [5.74, 6) is -0.320. The van der Waals surface area contributed by atoms with Crippen LogP contribution in [0.3, 0.4) is 0 Å². The lowest BCUT2D eigenvalue weighted by Crippen LogP contribution is -2.41. The monoisotopic (exact) mass is 212 g/mol. The fourth-order valence-electron chi connectivity index (χ4n) is 0.882. The molecule has 0 aromatic carbocycles. The Balaban J connectivity index is 4.17. The molecule has 0 aliphatic carbocycles. The molecule has 0 aromatic heterocycles. The number of carboxylic acid groups (broad SMARTS) is 1. The first kappa shape index (κ1) is 13.0. The van der Waals surface area contributed by atoms with Crippen LogP contribution < -0.4 is 11.1 Å². The highest BCUT2D eigenvalue weighted by Gasteiger charge is 2.19. The maximum atomic E-state index is 11.0. The number of primary amides is 1. The molecule has 0 aromatic rings. The van der Waals surface area contributed by atoms with Crippen molar-refractivity contribution in [3.05, 3.63) is 0 Å². The van der Waals surface area contributed by atoms with Crippen LogP contribution in [-0.2, 0) is 14.4 Å². The fourth-order valence-corrected chi connectivity index (χ4v) is 0.882. The first-order chi connectivity index (χ1) is 6.97. The number of terminal acetylenes is 1. The van der Waals surface area contributed by atoms with Gasteiger partial charge in [0.1, 0.15) is 6.04 Å². The highest BCUT2D eigenvalue weighted by Crippen LogP contribution is 1.97. The van der Waals surface area contributed by atoms with Gasteiger partial charge >= 0.3 is 5.97 Å². The molecule has 1 unspecified atom stereocenters. The van der Waals surface area contributed by atoms with Crippen molar-refractivity contribution >= 4 is 17.8 Å². The molecule has 2 amide bonds. The molecule has 0 spiro atoms. The second kappa shape index (κ2) is 6.43. The smallest absolute Gasteiger partial charge is 0.326 e. The molecule has 1 atom stereocenters. The molecule has 6 nitrogen and oxygen atoms in total. The summed E-state index contributed by atoms with van der Waals surface area (Å²) in [6.45, 7) is 0. The average molecular weight is 212 g/mol. The first-order valence-electron chi connectivity index (χ1n) is 4.21. The zero-order valence-electron chi connectivity index (χ0n) is 8.03. The van der Waals surface area contributed by atoms with Crippen LogP contribution >= 0.6 is 0 Å². The summed E-state index contributed by atoms with van der Waals surface area (Å²) in [6, 6.07) is -1.13. The highest BCUT2D eigenvalue weighted by atomic mass is 16.4. The van der Waals surface area contributed by atoms with Gasteiger partial charge in [0.05, 0.1) is 6.42 Å². The Morgan fingerprint density at radius 1 is 1.47 bits per heavy atom. The summed E-state index contributed by atoms with van der Waals surface area (Å²) in [4.78, 5) is 32.0. The molecule has 0 saturated carbocycles. The Kier molecular flexibility index (Phi) is 5.56. The second-order valence-corrected chi connectivity index (χ2v) is 2.84. The van der Waals surface area contributed by atoms with Gasteiger partial charge in [-0.15, -0.1) is 6.42 Å². The van der Waals surface area contributed by atoms with Gasteiger partial charge in [0.25, 0.3) is 0 Å². The summed E-state index contributed by atoms with van der Waals surface area (Å²) in [6.07, 6.45) is 4.53. The van der Waals surface area contributed by atoms with Crippen LogP contribution in [0.25, 0.3) is 0 Å². The number of carbonyl (C=O) groups excluding carboxylic acids is 2. The topological polar surface area (TPSA) is 109 Å². The largest absolute Gasteiger partial charge is 0.480 e. The Morgan fingerprint density at radius 2 is 2.07 bits per heavy atom. The highest BCUT2D eigenvalue weighted by molar-refractivity contribution is 5.85. The van der Waals surface area contributed by atoms with E-state index >= 15 is 0 Å². The number of hydrogen-bond acceptors (Lipinski definition) is 3. The van der Waals surface area contributed by atoms with Gasteiger partial charge in [-0.25, -0.2) is 4.79 Å². The number of carbonyl (C=O) groups is 3. The van der Waals surface area contributed by atoms with E-state index in [2.05, 4.69) is 11.2 Å². The number of aliphatic carboxylic acids is 1. The van der Waals surface area contributed by atoms with E-state index in [1.165, 1.54) is 0 Å². The number of carboxylic acids is 1. The second-order valence-electron chi connectivity index (χ2n) is 2.84. The molecule has 0 radical (unpaired) electrons. The van der Waals surface area contributed by atoms with Crippen LogP contribution in [0.1, 0.15) is 19.3 Å². The molecule has 0 fully saturated rings. The average Bonchev–Trinajstić information content (AvgIpc) is 2.11. The minimum atomic E-state index is -1.22. The summed E-state index contributed by atoms with van der Waals surface area (Å²) in [5.41, 5.74) is 4.85. The van der Waals surface area contributed by atoms with Crippen LogP contribution in [-0.4, -0.2) is 28.9 Å². The predicted octanol–water partition coefficient (Wildman–Crippen LogP) is -1.16. The van der Waals surface area contributed by atoms with Gasteiger partial charge in [0.15, 0.2) is 0 Å². The molecular formula is C9H12N2O4. The summed E-state index contributed by atoms with van der Waals surface area (Å²) in [7, 11) is 0. The minimum Gasteiger partial charge on any atom is -0.480 e. The molecule has 0 saturated heterocycles. The third-order valence-corrected chi connectivity index (χ3v) is 1.58. The number of amides is 2. The molecule has 0 bridgehead atoms. The number of nitrogens with two attached hydrogens (primary N) is 1. The van der Waals surface area contributed by atoms with Gasteiger partial charge < -0.3 is 16.2 Å². The van der Waals surface area contributed by atoms with Gasteiger partial charge in [-0.2, -0.15) is 0 Å². The van der Waals surface area contributed by atoms with Crippen molar-refractivity contribution in [1.29, 1.82) is 0 Å². The van der Waals surface area contributed by atoms with Gasteiger partial charge in [-0.1, -0.05) is 5.92 Å². The van der Waals surface area contributed by atoms with Crippen LogP contribution in [0.2, 0.25) is 0 Å². The van der Waals surface area contributed by atoms with Gasteiger partial charge in [-0.05, 0) is 6.42 Å². The van der Waals surface area contributed by atoms with Crippen LogP contribution in [0.4, 0.5) is 0 Å². The van der Waals surface area contributed by atoms with Crippen LogP contribution in [0, 0.1) is 12.3 Å². The zero-order valence-corrected chi connectivity index (χ0v) is 8.03. The Labute approximate surface area is 86.8 Å². The van der Waals surface area contributed by atoms with Gasteiger partial charge in [0.2, 0.25) is 11.8 Å². The van der Waals surface area contributed by atoms with E-state index in [0.29, 0.717) is 0 Å². The Hall–Kier alpha value is -2.03. The number of nitrogens with one attached hydrogen (secondary N) is 1. The third-order valence-electron chi connectivity index (χ3n) is 1.58. The molecule has 15 heavy (non-hydrogen) atoms. The molecule has 0 rings (SSSR count). The van der Waals surface area contributed by atoms with E-state index < -0.39 is 23.8 Å². The van der Waals surface area contributed by atoms with E-state index in [1.807, 2.05) is 0 Å². The van der Waals surface area contributed by atoms with Gasteiger partial charge in [0, 0.05) is 6.42 Å². The molecule has 0 heterocycles.